The van der Waals surface area contributed by atoms with E-state index in [0.717, 1.165) is 23.0 Å². The van der Waals surface area contributed by atoms with E-state index in [2.05, 4.69) is 34.9 Å². The summed E-state index contributed by atoms with van der Waals surface area (Å²) in [5.74, 6) is 0.439. The maximum atomic E-state index is 6.50. The van der Waals surface area contributed by atoms with Crippen LogP contribution in [0.3, 0.4) is 0 Å². The van der Waals surface area contributed by atoms with Gasteiger partial charge in [0.25, 0.3) is 0 Å². The van der Waals surface area contributed by atoms with E-state index < -0.39 is 0 Å². The lowest BCUT2D eigenvalue weighted by Crippen LogP contribution is -2.31. The molecule has 2 fully saturated rings. The minimum absolute atomic E-state index is 0.0135. The molecule has 4 unspecified atom stereocenters. The fraction of sp³-hybridized carbons (Fsp3) is 0.769. The van der Waals surface area contributed by atoms with Crippen LogP contribution >= 0.6 is 15.9 Å². The zero-order valence-corrected chi connectivity index (χ0v) is 12.4. The van der Waals surface area contributed by atoms with Crippen LogP contribution in [0, 0.1) is 5.92 Å². The van der Waals surface area contributed by atoms with Gasteiger partial charge in [0, 0.05) is 12.0 Å². The molecule has 0 amide bonds. The van der Waals surface area contributed by atoms with Gasteiger partial charge in [-0.3, -0.25) is 4.68 Å². The van der Waals surface area contributed by atoms with Crippen LogP contribution < -0.4 is 5.73 Å². The van der Waals surface area contributed by atoms with Crippen molar-refractivity contribution in [2.75, 3.05) is 0 Å². The first-order valence-corrected chi connectivity index (χ1v) is 7.51. The van der Waals surface area contributed by atoms with Crippen LogP contribution in [0.2, 0.25) is 0 Å². The van der Waals surface area contributed by atoms with Crippen molar-refractivity contribution in [2.45, 2.75) is 57.4 Å². The standard InChI is InChI=1S/C13H20BrN3O/c1-7(2)17-13(10(14)6-16-17)12(15)9-5-8-3-4-11(9)18-8/h6-9,11-12H,3-5,15H2,1-2H3. The molecule has 0 spiro atoms. The van der Waals surface area contributed by atoms with Crippen molar-refractivity contribution < 1.29 is 4.74 Å². The number of hydrogen-bond acceptors (Lipinski definition) is 3. The summed E-state index contributed by atoms with van der Waals surface area (Å²) in [5.41, 5.74) is 7.62. The highest BCUT2D eigenvalue weighted by Gasteiger charge is 2.44. The average Bonchev–Trinajstić information content (AvgIpc) is 3.01. The van der Waals surface area contributed by atoms with Crippen molar-refractivity contribution in [3.05, 3.63) is 16.4 Å². The zero-order valence-electron chi connectivity index (χ0n) is 10.8. The van der Waals surface area contributed by atoms with Gasteiger partial charge in [-0.2, -0.15) is 5.10 Å². The van der Waals surface area contributed by atoms with Gasteiger partial charge in [-0.25, -0.2) is 0 Å². The van der Waals surface area contributed by atoms with Gasteiger partial charge in [0.1, 0.15) is 0 Å². The molecule has 4 atom stereocenters. The summed E-state index contributed by atoms with van der Waals surface area (Å²) in [6.45, 7) is 4.26. The first-order chi connectivity index (χ1) is 8.58. The summed E-state index contributed by atoms with van der Waals surface area (Å²) in [5, 5.41) is 4.42. The van der Waals surface area contributed by atoms with Gasteiger partial charge in [0.05, 0.1) is 34.6 Å². The molecule has 2 N–H and O–H groups in total. The van der Waals surface area contributed by atoms with Gasteiger partial charge in [-0.05, 0) is 49.0 Å². The van der Waals surface area contributed by atoms with E-state index >= 15 is 0 Å². The van der Waals surface area contributed by atoms with Crippen LogP contribution in [0.5, 0.6) is 0 Å². The Hall–Kier alpha value is -0.390. The number of halogens is 1. The quantitative estimate of drug-likeness (QED) is 0.933. The Morgan fingerprint density at radius 3 is 2.83 bits per heavy atom. The normalized spacial score (nSPS) is 32.4. The number of aromatic nitrogens is 2. The van der Waals surface area contributed by atoms with E-state index in [1.807, 2.05) is 10.9 Å². The summed E-state index contributed by atoms with van der Waals surface area (Å²) >= 11 is 3.58. The topological polar surface area (TPSA) is 53.1 Å². The van der Waals surface area contributed by atoms with E-state index in [4.69, 9.17) is 10.5 Å². The molecule has 0 aliphatic carbocycles. The molecule has 4 nitrogen and oxygen atoms in total. The van der Waals surface area contributed by atoms with Crippen molar-refractivity contribution >= 4 is 15.9 Å². The minimum atomic E-state index is 0.0135. The van der Waals surface area contributed by atoms with E-state index in [1.165, 1.54) is 6.42 Å². The van der Waals surface area contributed by atoms with Crippen molar-refractivity contribution in [1.29, 1.82) is 0 Å². The molecule has 18 heavy (non-hydrogen) atoms. The van der Waals surface area contributed by atoms with Crippen molar-refractivity contribution in [2.24, 2.45) is 11.7 Å². The van der Waals surface area contributed by atoms with Crippen molar-refractivity contribution in [1.82, 2.24) is 9.78 Å². The molecule has 0 radical (unpaired) electrons. The fourth-order valence-electron chi connectivity index (χ4n) is 3.33. The van der Waals surface area contributed by atoms with E-state index in [0.29, 0.717) is 24.2 Å². The van der Waals surface area contributed by atoms with Gasteiger partial charge < -0.3 is 10.5 Å². The Morgan fingerprint density at radius 1 is 1.50 bits per heavy atom. The summed E-state index contributed by atoms with van der Waals surface area (Å²) in [6.07, 6.45) is 6.12. The second-order valence-corrected chi connectivity index (χ2v) is 6.57. The Balaban J connectivity index is 1.88. The molecule has 2 saturated heterocycles. The van der Waals surface area contributed by atoms with Crippen molar-refractivity contribution in [3.63, 3.8) is 0 Å². The van der Waals surface area contributed by atoms with Gasteiger partial charge >= 0.3 is 0 Å². The van der Waals surface area contributed by atoms with Gasteiger partial charge in [-0.1, -0.05) is 0 Å². The number of nitrogens with zero attached hydrogens (tertiary/aromatic N) is 2. The van der Waals surface area contributed by atoms with Crippen LogP contribution in [0.4, 0.5) is 0 Å². The van der Waals surface area contributed by atoms with E-state index in [1.54, 1.807) is 0 Å². The predicted octanol–water partition coefficient (Wildman–Crippen LogP) is 2.79. The Morgan fingerprint density at radius 2 is 2.28 bits per heavy atom. The summed E-state index contributed by atoms with van der Waals surface area (Å²) in [6, 6.07) is 0.344. The number of rotatable bonds is 3. The fourth-order valence-corrected chi connectivity index (χ4v) is 3.87. The molecular weight excluding hydrogens is 294 g/mol. The Bertz CT molecular complexity index is 445. The highest BCUT2D eigenvalue weighted by atomic mass is 79.9. The molecule has 5 heteroatoms. The van der Waals surface area contributed by atoms with Crippen LogP contribution in [-0.4, -0.2) is 22.0 Å². The third-order valence-electron chi connectivity index (χ3n) is 4.21. The smallest absolute Gasteiger partial charge is 0.0700 e. The molecule has 2 bridgehead atoms. The van der Waals surface area contributed by atoms with Gasteiger partial charge in [-0.15, -0.1) is 0 Å². The maximum absolute atomic E-state index is 6.50. The van der Waals surface area contributed by atoms with E-state index in [-0.39, 0.29) is 6.04 Å². The van der Waals surface area contributed by atoms with Crippen LogP contribution in [0.15, 0.2) is 10.7 Å². The Labute approximate surface area is 116 Å². The third-order valence-corrected chi connectivity index (χ3v) is 4.82. The van der Waals surface area contributed by atoms with E-state index in [9.17, 15) is 0 Å². The average molecular weight is 314 g/mol. The van der Waals surface area contributed by atoms with Crippen LogP contribution in [-0.2, 0) is 4.74 Å². The first-order valence-electron chi connectivity index (χ1n) is 6.72. The summed E-state index contributed by atoms with van der Waals surface area (Å²) < 4.78 is 8.97. The molecule has 2 aliphatic rings. The first kappa shape index (κ1) is 12.6. The van der Waals surface area contributed by atoms with Gasteiger partial charge in [0.2, 0.25) is 0 Å². The molecule has 1 aromatic rings. The molecule has 3 heterocycles. The van der Waals surface area contributed by atoms with Crippen LogP contribution in [0.1, 0.15) is 50.9 Å². The third kappa shape index (κ3) is 1.92. The second kappa shape index (κ2) is 4.62. The van der Waals surface area contributed by atoms with Crippen molar-refractivity contribution in [3.8, 4) is 0 Å². The predicted molar refractivity (Wildman–Crippen MR) is 73.2 cm³/mol. The lowest BCUT2D eigenvalue weighted by Gasteiger charge is -2.27. The minimum Gasteiger partial charge on any atom is -0.375 e. The molecule has 2 aliphatic heterocycles. The Kier molecular flexibility index (Phi) is 3.24. The molecule has 0 aromatic carbocycles. The molecule has 1 aromatic heterocycles. The highest BCUT2D eigenvalue weighted by Crippen LogP contribution is 2.45. The molecule has 100 valence electrons. The molecule has 3 rings (SSSR count). The molecular formula is C13H20BrN3O. The SMILES string of the molecule is CC(C)n1ncc(Br)c1C(N)C1CC2CCC1O2. The largest absolute Gasteiger partial charge is 0.375 e. The number of nitrogens with two attached hydrogens (primary N) is 1. The number of hydrogen-bond donors (Lipinski definition) is 1. The molecule has 0 saturated carbocycles. The van der Waals surface area contributed by atoms with Crippen LogP contribution in [0.25, 0.3) is 0 Å². The zero-order chi connectivity index (χ0) is 12.9. The van der Waals surface area contributed by atoms with Gasteiger partial charge in [0.15, 0.2) is 0 Å². The lowest BCUT2D eigenvalue weighted by molar-refractivity contribution is 0.0878. The second-order valence-electron chi connectivity index (χ2n) is 5.72. The monoisotopic (exact) mass is 313 g/mol. The lowest BCUT2D eigenvalue weighted by atomic mass is 9.83. The maximum Gasteiger partial charge on any atom is 0.0700 e. The summed E-state index contributed by atoms with van der Waals surface area (Å²) in [7, 11) is 0. The number of fused-ring (bicyclic) bond motifs is 2. The number of ether oxygens (including phenoxy) is 1. The summed E-state index contributed by atoms with van der Waals surface area (Å²) in [4.78, 5) is 0. The highest BCUT2D eigenvalue weighted by molar-refractivity contribution is 9.10.